The van der Waals surface area contributed by atoms with Gasteiger partial charge in [0.15, 0.2) is 0 Å². The molecule has 1 aromatic carbocycles. The summed E-state index contributed by atoms with van der Waals surface area (Å²) in [6.07, 6.45) is 0. The Labute approximate surface area is 123 Å². The molecule has 0 aliphatic rings. The lowest BCUT2D eigenvalue weighted by molar-refractivity contribution is 0.0950. The molecular weight excluding hydrogens is 268 g/mol. The molecule has 112 valence electrons. The molecule has 0 fully saturated rings. The molecule has 21 heavy (non-hydrogen) atoms. The van der Waals surface area contributed by atoms with Gasteiger partial charge >= 0.3 is 0 Å². The Hall–Kier alpha value is -2.34. The molecule has 2 aromatic rings. The van der Waals surface area contributed by atoms with Gasteiger partial charge in [-0.15, -0.1) is 0 Å². The summed E-state index contributed by atoms with van der Waals surface area (Å²) in [6.45, 7) is 6.18. The summed E-state index contributed by atoms with van der Waals surface area (Å²) in [5, 5.41) is 6.89. The standard InChI is InChI=1S/C15H20N4O2/c1-9(2)11-6-4-5-7-13(11)21-8-12-14(15(20)17-16)10(3)18-19-12/h4-7,9H,8,16H2,1-3H3,(H,17,20)(H,18,19). The van der Waals surface area contributed by atoms with E-state index in [1.165, 1.54) is 0 Å². The van der Waals surface area contributed by atoms with Crippen LogP contribution in [0.3, 0.4) is 0 Å². The SMILES string of the molecule is Cc1[nH]nc(COc2ccccc2C(C)C)c1C(=O)NN. The normalized spacial score (nSPS) is 10.7. The quantitative estimate of drug-likeness (QED) is 0.446. The summed E-state index contributed by atoms with van der Waals surface area (Å²) in [5.41, 5.74) is 4.87. The Morgan fingerprint density at radius 1 is 1.43 bits per heavy atom. The summed E-state index contributed by atoms with van der Waals surface area (Å²) < 4.78 is 5.83. The summed E-state index contributed by atoms with van der Waals surface area (Å²) in [6, 6.07) is 7.85. The number of hydrogen-bond donors (Lipinski definition) is 3. The first kappa shape index (κ1) is 15.1. The second kappa shape index (κ2) is 6.41. The van der Waals surface area contributed by atoms with Crippen LogP contribution in [0.1, 0.15) is 47.1 Å². The first-order chi connectivity index (χ1) is 10.0. The molecule has 0 saturated heterocycles. The highest BCUT2D eigenvalue weighted by molar-refractivity contribution is 5.95. The van der Waals surface area contributed by atoms with Crippen LogP contribution in [0.25, 0.3) is 0 Å². The van der Waals surface area contributed by atoms with Gasteiger partial charge < -0.3 is 4.74 Å². The number of aryl methyl sites for hydroxylation is 1. The van der Waals surface area contributed by atoms with Gasteiger partial charge in [0.2, 0.25) is 0 Å². The number of hydrogen-bond acceptors (Lipinski definition) is 4. The first-order valence-corrected chi connectivity index (χ1v) is 6.81. The van der Waals surface area contributed by atoms with Crippen molar-refractivity contribution in [3.63, 3.8) is 0 Å². The van der Waals surface area contributed by atoms with Crippen LogP contribution in [-0.4, -0.2) is 16.1 Å². The number of carbonyl (C=O) groups excluding carboxylic acids is 1. The minimum absolute atomic E-state index is 0.205. The molecule has 0 saturated carbocycles. The van der Waals surface area contributed by atoms with Crippen molar-refractivity contribution in [3.8, 4) is 5.75 Å². The number of nitrogen functional groups attached to an aromatic ring is 1. The van der Waals surface area contributed by atoms with Crippen molar-refractivity contribution in [2.24, 2.45) is 5.84 Å². The number of nitrogens with one attached hydrogen (secondary N) is 2. The Kier molecular flexibility index (Phi) is 4.59. The van der Waals surface area contributed by atoms with Crippen molar-refractivity contribution in [2.45, 2.75) is 33.3 Å². The maximum absolute atomic E-state index is 11.8. The highest BCUT2D eigenvalue weighted by Gasteiger charge is 2.18. The molecule has 1 aromatic heterocycles. The zero-order valence-corrected chi connectivity index (χ0v) is 12.4. The molecule has 0 spiro atoms. The second-order valence-corrected chi connectivity index (χ2v) is 5.12. The first-order valence-electron chi connectivity index (χ1n) is 6.81. The van der Waals surface area contributed by atoms with E-state index in [-0.39, 0.29) is 12.5 Å². The number of rotatable bonds is 5. The van der Waals surface area contributed by atoms with Crippen molar-refractivity contribution >= 4 is 5.91 Å². The van der Waals surface area contributed by atoms with E-state index >= 15 is 0 Å². The van der Waals surface area contributed by atoms with Crippen molar-refractivity contribution in [2.75, 3.05) is 0 Å². The van der Waals surface area contributed by atoms with Gasteiger partial charge in [-0.05, 0) is 24.5 Å². The highest BCUT2D eigenvalue weighted by Crippen LogP contribution is 2.26. The number of H-pyrrole nitrogens is 1. The minimum Gasteiger partial charge on any atom is -0.487 e. The number of aromatic amines is 1. The average molecular weight is 288 g/mol. The number of para-hydroxylation sites is 1. The lowest BCUT2D eigenvalue weighted by atomic mass is 10.0. The van der Waals surface area contributed by atoms with Gasteiger partial charge in [-0.25, -0.2) is 5.84 Å². The zero-order valence-electron chi connectivity index (χ0n) is 12.4. The number of hydrazine groups is 1. The maximum atomic E-state index is 11.8. The van der Waals surface area contributed by atoms with Crippen LogP contribution in [0.15, 0.2) is 24.3 Å². The number of carbonyl (C=O) groups is 1. The molecule has 0 aliphatic heterocycles. The summed E-state index contributed by atoms with van der Waals surface area (Å²) in [7, 11) is 0. The predicted molar refractivity (Wildman–Crippen MR) is 79.8 cm³/mol. The smallest absolute Gasteiger partial charge is 0.269 e. The van der Waals surface area contributed by atoms with E-state index in [0.717, 1.165) is 11.3 Å². The number of nitrogens with two attached hydrogens (primary N) is 1. The predicted octanol–water partition coefficient (Wildman–Crippen LogP) is 2.02. The Bertz CT molecular complexity index is 634. The molecule has 1 heterocycles. The molecule has 6 nitrogen and oxygen atoms in total. The maximum Gasteiger partial charge on any atom is 0.269 e. The fourth-order valence-corrected chi connectivity index (χ4v) is 2.19. The molecule has 4 N–H and O–H groups in total. The highest BCUT2D eigenvalue weighted by atomic mass is 16.5. The molecule has 1 amide bonds. The monoisotopic (exact) mass is 288 g/mol. The lowest BCUT2D eigenvalue weighted by Gasteiger charge is -2.13. The van der Waals surface area contributed by atoms with Gasteiger partial charge in [0.05, 0.1) is 5.56 Å². The van der Waals surface area contributed by atoms with E-state index in [2.05, 4.69) is 29.5 Å². The van der Waals surface area contributed by atoms with Crippen LogP contribution in [-0.2, 0) is 6.61 Å². The van der Waals surface area contributed by atoms with E-state index in [0.29, 0.717) is 22.9 Å². The fraction of sp³-hybridized carbons (Fsp3) is 0.333. The van der Waals surface area contributed by atoms with Crippen molar-refractivity contribution < 1.29 is 9.53 Å². The van der Waals surface area contributed by atoms with E-state index in [4.69, 9.17) is 10.6 Å². The third-order valence-corrected chi connectivity index (χ3v) is 3.29. The molecule has 2 rings (SSSR count). The number of amides is 1. The van der Waals surface area contributed by atoms with Gasteiger partial charge in [-0.3, -0.25) is 15.3 Å². The number of aromatic nitrogens is 2. The molecule has 0 aliphatic carbocycles. The summed E-state index contributed by atoms with van der Waals surface area (Å²) in [5.74, 6) is 5.97. The van der Waals surface area contributed by atoms with Gasteiger partial charge in [0, 0.05) is 5.69 Å². The van der Waals surface area contributed by atoms with Gasteiger partial charge in [-0.1, -0.05) is 32.0 Å². The molecule has 6 heteroatoms. The average Bonchev–Trinajstić information content (AvgIpc) is 2.85. The number of ether oxygens (including phenoxy) is 1. The number of nitrogens with zero attached hydrogens (tertiary/aromatic N) is 1. The molecule has 0 unspecified atom stereocenters. The van der Waals surface area contributed by atoms with Gasteiger partial charge in [0.1, 0.15) is 18.1 Å². The largest absolute Gasteiger partial charge is 0.487 e. The van der Waals surface area contributed by atoms with E-state index < -0.39 is 0 Å². The number of benzene rings is 1. The van der Waals surface area contributed by atoms with E-state index in [9.17, 15) is 4.79 Å². The van der Waals surface area contributed by atoms with Crippen molar-refractivity contribution in [1.82, 2.24) is 15.6 Å². The third kappa shape index (κ3) is 3.22. The van der Waals surface area contributed by atoms with E-state index in [1.807, 2.05) is 24.3 Å². The molecule has 0 atom stereocenters. The third-order valence-electron chi connectivity index (χ3n) is 3.29. The van der Waals surface area contributed by atoms with Crippen LogP contribution in [0.2, 0.25) is 0 Å². The topological polar surface area (TPSA) is 93.0 Å². The van der Waals surface area contributed by atoms with Crippen LogP contribution >= 0.6 is 0 Å². The van der Waals surface area contributed by atoms with Crippen LogP contribution in [0, 0.1) is 6.92 Å². The second-order valence-electron chi connectivity index (χ2n) is 5.12. The summed E-state index contributed by atoms with van der Waals surface area (Å²) >= 11 is 0. The van der Waals surface area contributed by atoms with Crippen LogP contribution < -0.4 is 16.0 Å². The van der Waals surface area contributed by atoms with Crippen LogP contribution in [0.5, 0.6) is 5.75 Å². The minimum atomic E-state index is -0.378. The van der Waals surface area contributed by atoms with Crippen molar-refractivity contribution in [1.29, 1.82) is 0 Å². The molecular formula is C15H20N4O2. The Morgan fingerprint density at radius 2 is 2.14 bits per heavy atom. The van der Waals surface area contributed by atoms with Gasteiger partial charge in [-0.2, -0.15) is 5.10 Å². The Balaban J connectivity index is 2.20. The van der Waals surface area contributed by atoms with Crippen molar-refractivity contribution in [3.05, 3.63) is 46.8 Å². The van der Waals surface area contributed by atoms with E-state index in [1.54, 1.807) is 6.92 Å². The lowest BCUT2D eigenvalue weighted by Crippen LogP contribution is -2.31. The molecule has 0 bridgehead atoms. The van der Waals surface area contributed by atoms with Gasteiger partial charge in [0.25, 0.3) is 5.91 Å². The zero-order chi connectivity index (χ0) is 15.4. The fourth-order valence-electron chi connectivity index (χ4n) is 2.19. The summed E-state index contributed by atoms with van der Waals surface area (Å²) in [4.78, 5) is 11.8. The van der Waals surface area contributed by atoms with Crippen LogP contribution in [0.4, 0.5) is 0 Å². The Morgan fingerprint density at radius 3 is 2.81 bits per heavy atom. The molecule has 0 radical (unpaired) electrons.